The zero-order chi connectivity index (χ0) is 9.10. The highest BCUT2D eigenvalue weighted by Gasteiger charge is 2.16. The molecular weight excluding hydrogens is 206 g/mol. The molecule has 0 aromatic carbocycles. The van der Waals surface area contributed by atoms with E-state index in [0.717, 1.165) is 17.4 Å². The monoisotopic (exact) mass is 217 g/mol. The highest BCUT2D eigenvalue weighted by molar-refractivity contribution is 7.98. The van der Waals surface area contributed by atoms with Crippen molar-refractivity contribution in [2.45, 2.75) is 5.75 Å². The van der Waals surface area contributed by atoms with E-state index < -0.39 is 0 Å². The first-order chi connectivity index (χ1) is 6.34. The lowest BCUT2D eigenvalue weighted by atomic mass is 10.1. The van der Waals surface area contributed by atoms with Crippen molar-refractivity contribution in [1.82, 2.24) is 5.32 Å². The quantitative estimate of drug-likeness (QED) is 0.839. The third-order valence-corrected chi connectivity index (χ3v) is 3.49. The molecule has 1 saturated heterocycles. The number of nitrogens with one attached hydrogen (secondary N) is 1. The molecule has 0 bridgehead atoms. The van der Waals surface area contributed by atoms with Crippen molar-refractivity contribution in [3.63, 3.8) is 0 Å². The van der Waals surface area contributed by atoms with Crippen molar-refractivity contribution in [3.05, 3.63) is 23.1 Å². The van der Waals surface area contributed by atoms with E-state index in [4.69, 9.17) is 16.0 Å². The van der Waals surface area contributed by atoms with E-state index in [1.165, 1.54) is 18.8 Å². The predicted octanol–water partition coefficient (Wildman–Crippen LogP) is 2.39. The average Bonchev–Trinajstić information content (AvgIpc) is 2.42. The largest absolute Gasteiger partial charge is 0.449 e. The molecule has 1 fully saturated rings. The van der Waals surface area contributed by atoms with Gasteiger partial charge in [0.2, 0.25) is 0 Å². The second-order valence-electron chi connectivity index (χ2n) is 3.25. The second kappa shape index (κ2) is 4.40. The Morgan fingerprint density at radius 3 is 2.92 bits per heavy atom. The molecule has 1 aliphatic rings. The van der Waals surface area contributed by atoms with Crippen LogP contribution in [-0.4, -0.2) is 18.8 Å². The van der Waals surface area contributed by atoms with Gasteiger partial charge in [0.1, 0.15) is 5.76 Å². The summed E-state index contributed by atoms with van der Waals surface area (Å²) in [6, 6.07) is 3.73. The Morgan fingerprint density at radius 1 is 1.54 bits per heavy atom. The SMILES string of the molecule is Clc1ccc(CSCC2CNC2)o1. The van der Waals surface area contributed by atoms with Gasteiger partial charge in [-0.05, 0) is 48.5 Å². The summed E-state index contributed by atoms with van der Waals surface area (Å²) < 4.78 is 5.25. The Bertz CT molecular complexity index is 272. The molecule has 0 atom stereocenters. The summed E-state index contributed by atoms with van der Waals surface area (Å²) >= 11 is 7.57. The minimum atomic E-state index is 0.487. The first kappa shape index (κ1) is 9.44. The van der Waals surface area contributed by atoms with Crippen LogP contribution in [0.1, 0.15) is 5.76 Å². The van der Waals surface area contributed by atoms with Crippen LogP contribution in [0.4, 0.5) is 0 Å². The molecule has 0 unspecified atom stereocenters. The van der Waals surface area contributed by atoms with Crippen molar-refractivity contribution >= 4 is 23.4 Å². The van der Waals surface area contributed by atoms with Crippen molar-refractivity contribution in [3.8, 4) is 0 Å². The van der Waals surface area contributed by atoms with Crippen molar-refractivity contribution in [2.24, 2.45) is 5.92 Å². The highest BCUT2D eigenvalue weighted by Crippen LogP contribution is 2.20. The standard InChI is InChI=1S/C9H12ClNOS/c10-9-2-1-8(12-9)6-13-5-7-3-11-4-7/h1-2,7,11H,3-6H2. The molecule has 1 N–H and O–H groups in total. The summed E-state index contributed by atoms with van der Waals surface area (Å²) in [7, 11) is 0. The molecular formula is C9H12ClNOS. The van der Waals surface area contributed by atoms with Gasteiger partial charge in [-0.1, -0.05) is 0 Å². The summed E-state index contributed by atoms with van der Waals surface area (Å²) in [5.41, 5.74) is 0. The van der Waals surface area contributed by atoms with Crippen LogP contribution in [0.2, 0.25) is 5.22 Å². The number of hydrogen-bond acceptors (Lipinski definition) is 3. The maximum atomic E-state index is 5.65. The lowest BCUT2D eigenvalue weighted by molar-refractivity contribution is 0.385. The van der Waals surface area contributed by atoms with Crippen LogP contribution in [0, 0.1) is 5.92 Å². The summed E-state index contributed by atoms with van der Waals surface area (Å²) in [6.45, 7) is 2.35. The minimum Gasteiger partial charge on any atom is -0.449 e. The number of thioether (sulfide) groups is 1. The molecule has 2 rings (SSSR count). The molecule has 1 aromatic heterocycles. The van der Waals surface area contributed by atoms with Crippen LogP contribution >= 0.6 is 23.4 Å². The molecule has 4 heteroatoms. The third-order valence-electron chi connectivity index (χ3n) is 2.09. The van der Waals surface area contributed by atoms with Gasteiger partial charge in [-0.3, -0.25) is 0 Å². The molecule has 1 aliphatic heterocycles. The summed E-state index contributed by atoms with van der Waals surface area (Å²) in [5, 5.41) is 3.74. The Morgan fingerprint density at radius 2 is 2.38 bits per heavy atom. The van der Waals surface area contributed by atoms with Gasteiger partial charge in [-0.25, -0.2) is 0 Å². The van der Waals surface area contributed by atoms with Crippen LogP contribution in [-0.2, 0) is 5.75 Å². The highest BCUT2D eigenvalue weighted by atomic mass is 35.5. The zero-order valence-electron chi connectivity index (χ0n) is 7.25. The fourth-order valence-electron chi connectivity index (χ4n) is 1.22. The molecule has 2 nitrogen and oxygen atoms in total. The normalized spacial score (nSPS) is 17.3. The Hall–Kier alpha value is -0.120. The lowest BCUT2D eigenvalue weighted by Gasteiger charge is -2.26. The third kappa shape index (κ3) is 2.66. The van der Waals surface area contributed by atoms with Gasteiger partial charge in [0.05, 0.1) is 5.75 Å². The van der Waals surface area contributed by atoms with E-state index in [1.807, 2.05) is 17.8 Å². The van der Waals surface area contributed by atoms with Gasteiger partial charge in [0.15, 0.2) is 5.22 Å². The Balaban J connectivity index is 1.67. The number of rotatable bonds is 4. The van der Waals surface area contributed by atoms with Gasteiger partial charge in [-0.15, -0.1) is 0 Å². The van der Waals surface area contributed by atoms with Crippen LogP contribution in [0.3, 0.4) is 0 Å². The van der Waals surface area contributed by atoms with E-state index in [0.29, 0.717) is 5.22 Å². The van der Waals surface area contributed by atoms with E-state index >= 15 is 0 Å². The number of furan rings is 1. The van der Waals surface area contributed by atoms with Crippen molar-refractivity contribution < 1.29 is 4.42 Å². The molecule has 0 spiro atoms. The lowest BCUT2D eigenvalue weighted by Crippen LogP contribution is -2.43. The van der Waals surface area contributed by atoms with Gasteiger partial charge in [0.25, 0.3) is 0 Å². The minimum absolute atomic E-state index is 0.487. The summed E-state index contributed by atoms with van der Waals surface area (Å²) in [4.78, 5) is 0. The van der Waals surface area contributed by atoms with E-state index in [9.17, 15) is 0 Å². The van der Waals surface area contributed by atoms with Crippen molar-refractivity contribution in [2.75, 3.05) is 18.8 Å². The fraction of sp³-hybridized carbons (Fsp3) is 0.556. The summed E-state index contributed by atoms with van der Waals surface area (Å²) in [5.74, 6) is 3.98. The van der Waals surface area contributed by atoms with Gasteiger partial charge in [-0.2, -0.15) is 11.8 Å². The van der Waals surface area contributed by atoms with Crippen molar-refractivity contribution in [1.29, 1.82) is 0 Å². The first-order valence-corrected chi connectivity index (χ1v) is 5.90. The second-order valence-corrected chi connectivity index (χ2v) is 4.65. The molecule has 1 aromatic rings. The van der Waals surface area contributed by atoms with Crippen LogP contribution in [0.5, 0.6) is 0 Å². The molecule has 0 radical (unpaired) electrons. The van der Waals surface area contributed by atoms with Gasteiger partial charge in [0, 0.05) is 0 Å². The topological polar surface area (TPSA) is 25.2 Å². The van der Waals surface area contributed by atoms with E-state index in [-0.39, 0.29) is 0 Å². The molecule has 13 heavy (non-hydrogen) atoms. The van der Waals surface area contributed by atoms with Crippen LogP contribution < -0.4 is 5.32 Å². The molecule has 72 valence electrons. The summed E-state index contributed by atoms with van der Waals surface area (Å²) in [6.07, 6.45) is 0. The molecule has 0 aliphatic carbocycles. The maximum Gasteiger partial charge on any atom is 0.193 e. The smallest absolute Gasteiger partial charge is 0.193 e. The fourth-order valence-corrected chi connectivity index (χ4v) is 2.43. The Kier molecular flexibility index (Phi) is 3.19. The van der Waals surface area contributed by atoms with Gasteiger partial charge >= 0.3 is 0 Å². The Labute approximate surface area is 87.0 Å². The maximum absolute atomic E-state index is 5.65. The number of hydrogen-bond donors (Lipinski definition) is 1. The van der Waals surface area contributed by atoms with Gasteiger partial charge < -0.3 is 9.73 Å². The van der Waals surface area contributed by atoms with E-state index in [1.54, 1.807) is 6.07 Å². The number of halogens is 1. The van der Waals surface area contributed by atoms with E-state index in [2.05, 4.69) is 5.32 Å². The van der Waals surface area contributed by atoms with Crippen LogP contribution in [0.25, 0.3) is 0 Å². The molecule has 0 saturated carbocycles. The average molecular weight is 218 g/mol. The molecule has 0 amide bonds. The van der Waals surface area contributed by atoms with Crippen LogP contribution in [0.15, 0.2) is 16.5 Å². The first-order valence-electron chi connectivity index (χ1n) is 4.37. The predicted molar refractivity (Wildman–Crippen MR) is 56.2 cm³/mol. The molecule has 2 heterocycles. The zero-order valence-corrected chi connectivity index (χ0v) is 8.83.